The summed E-state index contributed by atoms with van der Waals surface area (Å²) in [6, 6.07) is 0.371. The minimum absolute atomic E-state index is 0.371. The molecule has 1 saturated heterocycles. The second-order valence-corrected chi connectivity index (χ2v) is 4.87. The number of nitrogens with one attached hydrogen (secondary N) is 1. The summed E-state index contributed by atoms with van der Waals surface area (Å²) in [6.45, 7) is 5.01. The molecule has 0 radical (unpaired) electrons. The molecule has 0 saturated carbocycles. The highest BCUT2D eigenvalue weighted by molar-refractivity contribution is 5.84. The van der Waals surface area contributed by atoms with Crippen molar-refractivity contribution in [3.05, 3.63) is 6.33 Å². The molecule has 0 unspecified atom stereocenters. The molecule has 1 aliphatic rings. The van der Waals surface area contributed by atoms with Crippen molar-refractivity contribution in [2.24, 2.45) is 0 Å². The molecule has 21 heavy (non-hydrogen) atoms. The Morgan fingerprint density at radius 3 is 2.76 bits per heavy atom. The third kappa shape index (κ3) is 2.77. The van der Waals surface area contributed by atoms with Gasteiger partial charge in [0.25, 0.3) is 0 Å². The molecule has 0 spiro atoms. The summed E-state index contributed by atoms with van der Waals surface area (Å²) in [5, 5.41) is 3.34. The molecule has 2 aromatic heterocycles. The maximum Gasteiger partial charge on any atom is 0.320 e. The zero-order chi connectivity index (χ0) is 14.7. The number of piperazine rings is 1. The van der Waals surface area contributed by atoms with Crippen LogP contribution in [0.15, 0.2) is 6.33 Å². The highest BCUT2D eigenvalue weighted by atomic mass is 16.5. The predicted octanol–water partition coefficient (Wildman–Crippen LogP) is -0.109. The molecular formula is C13H20N6O2. The number of hydrogen-bond donors (Lipinski definition) is 1. The lowest BCUT2D eigenvalue weighted by Crippen LogP contribution is -2.44. The van der Waals surface area contributed by atoms with Gasteiger partial charge in [-0.3, -0.25) is 0 Å². The fourth-order valence-electron chi connectivity index (χ4n) is 2.45. The van der Waals surface area contributed by atoms with E-state index in [2.05, 4.69) is 25.2 Å². The molecule has 114 valence electrons. The molecule has 3 rings (SSSR count). The monoisotopic (exact) mass is 292 g/mol. The lowest BCUT2D eigenvalue weighted by molar-refractivity contribution is 0.188. The number of rotatable bonds is 5. The molecule has 1 N–H and O–H groups in total. The second kappa shape index (κ2) is 6.23. The summed E-state index contributed by atoms with van der Waals surface area (Å²) in [5.41, 5.74) is 1.60. The molecule has 8 nitrogen and oxygen atoms in total. The van der Waals surface area contributed by atoms with E-state index in [-0.39, 0.29) is 0 Å². The SMILES string of the molecule is COCCn1cnc2c(N3CCNCC3)nc(OC)nc21. The number of anilines is 1. The molecule has 8 heteroatoms. The van der Waals surface area contributed by atoms with Gasteiger partial charge >= 0.3 is 6.01 Å². The first kappa shape index (κ1) is 14.0. The third-order valence-electron chi connectivity index (χ3n) is 3.56. The summed E-state index contributed by atoms with van der Waals surface area (Å²) < 4.78 is 12.3. The smallest absolute Gasteiger partial charge is 0.320 e. The van der Waals surface area contributed by atoms with Crippen molar-refractivity contribution in [2.45, 2.75) is 6.54 Å². The van der Waals surface area contributed by atoms with Crippen LogP contribution in [-0.4, -0.2) is 66.5 Å². The van der Waals surface area contributed by atoms with Gasteiger partial charge in [-0.05, 0) is 0 Å². The van der Waals surface area contributed by atoms with Gasteiger partial charge in [-0.15, -0.1) is 0 Å². The fourth-order valence-corrected chi connectivity index (χ4v) is 2.45. The summed E-state index contributed by atoms with van der Waals surface area (Å²) in [6.07, 6.45) is 1.78. The van der Waals surface area contributed by atoms with Crippen molar-refractivity contribution in [3.63, 3.8) is 0 Å². The Bertz CT molecular complexity index is 608. The quantitative estimate of drug-likeness (QED) is 0.824. The number of methoxy groups -OCH3 is 2. The number of ether oxygens (including phenoxy) is 2. The molecule has 3 heterocycles. The number of imidazole rings is 1. The van der Waals surface area contributed by atoms with Crippen molar-refractivity contribution in [3.8, 4) is 6.01 Å². The molecule has 0 amide bonds. The Balaban J connectivity index is 2.03. The summed E-state index contributed by atoms with van der Waals surface area (Å²) in [4.78, 5) is 15.6. The van der Waals surface area contributed by atoms with Gasteiger partial charge in [0, 0.05) is 39.8 Å². The zero-order valence-electron chi connectivity index (χ0n) is 12.4. The molecule has 0 aliphatic carbocycles. The van der Waals surface area contributed by atoms with Crippen LogP contribution in [0.1, 0.15) is 0 Å². The summed E-state index contributed by atoms with van der Waals surface area (Å²) in [5.74, 6) is 0.842. The number of fused-ring (bicyclic) bond motifs is 1. The van der Waals surface area contributed by atoms with Gasteiger partial charge in [0.15, 0.2) is 17.0 Å². The van der Waals surface area contributed by atoms with Crippen LogP contribution in [0.3, 0.4) is 0 Å². The Kier molecular flexibility index (Phi) is 4.16. The predicted molar refractivity (Wildman–Crippen MR) is 78.8 cm³/mol. The van der Waals surface area contributed by atoms with Gasteiger partial charge in [0.05, 0.1) is 20.0 Å². The Morgan fingerprint density at radius 2 is 2.05 bits per heavy atom. The molecular weight excluding hydrogens is 272 g/mol. The van der Waals surface area contributed by atoms with E-state index in [0.29, 0.717) is 19.2 Å². The van der Waals surface area contributed by atoms with Crippen molar-refractivity contribution in [2.75, 3.05) is 51.9 Å². The van der Waals surface area contributed by atoms with Crippen LogP contribution in [0.2, 0.25) is 0 Å². The number of hydrogen-bond acceptors (Lipinski definition) is 7. The molecule has 1 aliphatic heterocycles. The van der Waals surface area contributed by atoms with Gasteiger partial charge in [-0.1, -0.05) is 0 Å². The van der Waals surface area contributed by atoms with Gasteiger partial charge < -0.3 is 24.3 Å². The van der Waals surface area contributed by atoms with E-state index in [1.165, 1.54) is 0 Å². The van der Waals surface area contributed by atoms with E-state index < -0.39 is 0 Å². The average molecular weight is 292 g/mol. The lowest BCUT2D eigenvalue weighted by atomic mass is 10.3. The van der Waals surface area contributed by atoms with Crippen molar-refractivity contribution in [1.29, 1.82) is 0 Å². The highest BCUT2D eigenvalue weighted by Gasteiger charge is 2.20. The van der Waals surface area contributed by atoms with Crippen LogP contribution in [-0.2, 0) is 11.3 Å². The van der Waals surface area contributed by atoms with E-state index >= 15 is 0 Å². The second-order valence-electron chi connectivity index (χ2n) is 4.87. The van der Waals surface area contributed by atoms with Crippen LogP contribution in [0, 0.1) is 0 Å². The van der Waals surface area contributed by atoms with Crippen LogP contribution >= 0.6 is 0 Å². The van der Waals surface area contributed by atoms with E-state index in [4.69, 9.17) is 9.47 Å². The molecule has 0 aromatic carbocycles. The standard InChI is InChI=1S/C13H20N6O2/c1-20-8-7-19-9-15-10-11(18-5-3-14-4-6-18)16-13(21-2)17-12(10)19/h9,14H,3-8H2,1-2H3. The normalized spacial score (nSPS) is 15.6. The van der Waals surface area contributed by atoms with Crippen molar-refractivity contribution >= 4 is 17.0 Å². The van der Waals surface area contributed by atoms with Gasteiger partial charge in [0.2, 0.25) is 0 Å². The minimum Gasteiger partial charge on any atom is -0.467 e. The number of aromatic nitrogens is 4. The molecule has 0 bridgehead atoms. The zero-order valence-corrected chi connectivity index (χ0v) is 12.4. The maximum absolute atomic E-state index is 5.25. The maximum atomic E-state index is 5.25. The molecule has 1 fully saturated rings. The van der Waals surface area contributed by atoms with Gasteiger partial charge in [0.1, 0.15) is 0 Å². The third-order valence-corrected chi connectivity index (χ3v) is 3.56. The first-order chi connectivity index (χ1) is 10.3. The van der Waals surface area contributed by atoms with Gasteiger partial charge in [-0.25, -0.2) is 4.98 Å². The largest absolute Gasteiger partial charge is 0.467 e. The topological polar surface area (TPSA) is 77.3 Å². The fraction of sp³-hybridized carbons (Fsp3) is 0.615. The Labute approximate surface area is 123 Å². The molecule has 2 aromatic rings. The van der Waals surface area contributed by atoms with Crippen molar-refractivity contribution in [1.82, 2.24) is 24.8 Å². The van der Waals surface area contributed by atoms with E-state index in [1.54, 1.807) is 20.5 Å². The average Bonchev–Trinajstić information content (AvgIpc) is 2.95. The van der Waals surface area contributed by atoms with E-state index in [9.17, 15) is 0 Å². The number of nitrogens with zero attached hydrogens (tertiary/aromatic N) is 5. The summed E-state index contributed by atoms with van der Waals surface area (Å²) >= 11 is 0. The highest BCUT2D eigenvalue weighted by Crippen LogP contribution is 2.25. The van der Waals surface area contributed by atoms with E-state index in [1.807, 2.05) is 4.57 Å². The molecule has 0 atom stereocenters. The minimum atomic E-state index is 0.371. The Hall–Kier alpha value is -1.93. The lowest BCUT2D eigenvalue weighted by Gasteiger charge is -2.28. The van der Waals surface area contributed by atoms with Crippen LogP contribution < -0.4 is 15.0 Å². The van der Waals surface area contributed by atoms with Crippen LogP contribution in [0.5, 0.6) is 6.01 Å². The van der Waals surface area contributed by atoms with Gasteiger partial charge in [-0.2, -0.15) is 9.97 Å². The first-order valence-electron chi connectivity index (χ1n) is 7.05. The summed E-state index contributed by atoms with van der Waals surface area (Å²) in [7, 11) is 3.26. The van der Waals surface area contributed by atoms with Crippen molar-refractivity contribution < 1.29 is 9.47 Å². The Morgan fingerprint density at radius 1 is 1.24 bits per heavy atom. The van der Waals surface area contributed by atoms with Crippen LogP contribution in [0.25, 0.3) is 11.2 Å². The van der Waals surface area contributed by atoms with E-state index in [0.717, 1.165) is 43.2 Å². The first-order valence-corrected chi connectivity index (χ1v) is 7.05. The van der Waals surface area contributed by atoms with Crippen LogP contribution in [0.4, 0.5) is 5.82 Å².